The third-order valence-electron chi connectivity index (χ3n) is 1.98. The van der Waals surface area contributed by atoms with Gasteiger partial charge in [0.15, 0.2) is 0 Å². The van der Waals surface area contributed by atoms with Crippen LogP contribution < -0.4 is 5.73 Å². The van der Waals surface area contributed by atoms with Crippen molar-refractivity contribution in [1.29, 1.82) is 0 Å². The van der Waals surface area contributed by atoms with Gasteiger partial charge < -0.3 is 15.6 Å². The largest absolute Gasteiger partial charge is 0.480 e. The number of cyclic esters (lactones) is 1. The molecule has 3 N–H and O–H groups in total. The van der Waals surface area contributed by atoms with Crippen LogP contribution >= 0.6 is 11.8 Å². The van der Waals surface area contributed by atoms with E-state index in [1.165, 1.54) is 11.8 Å². The highest BCUT2D eigenvalue weighted by Crippen LogP contribution is 2.19. The molecule has 1 saturated heterocycles. The standard InChI is InChI=1S/C8H13NO4S/c9-6(7(10)11)4-14-3-5-1-2-13-8(5)12/h5-6H,1-4,9H2,(H,10,11). The normalized spacial score (nSPS) is 23.2. The third-order valence-corrected chi connectivity index (χ3v) is 3.21. The number of carbonyl (C=O) groups excluding carboxylic acids is 1. The van der Waals surface area contributed by atoms with E-state index in [0.717, 1.165) is 6.42 Å². The van der Waals surface area contributed by atoms with Crippen LogP contribution in [0.15, 0.2) is 0 Å². The van der Waals surface area contributed by atoms with Gasteiger partial charge in [0, 0.05) is 11.5 Å². The zero-order valence-electron chi connectivity index (χ0n) is 7.64. The van der Waals surface area contributed by atoms with Crippen LogP contribution in [0.2, 0.25) is 0 Å². The fraction of sp³-hybridized carbons (Fsp3) is 0.750. The Balaban J connectivity index is 2.15. The molecule has 0 radical (unpaired) electrons. The number of hydrogen-bond acceptors (Lipinski definition) is 5. The van der Waals surface area contributed by atoms with Crippen molar-refractivity contribution in [1.82, 2.24) is 0 Å². The topological polar surface area (TPSA) is 89.6 Å². The van der Waals surface area contributed by atoms with Crippen LogP contribution in [0.4, 0.5) is 0 Å². The number of thioether (sulfide) groups is 1. The first-order chi connectivity index (χ1) is 6.61. The summed E-state index contributed by atoms with van der Waals surface area (Å²) in [5, 5.41) is 8.50. The second-order valence-corrected chi connectivity index (χ2v) is 4.21. The van der Waals surface area contributed by atoms with Gasteiger partial charge in [0.1, 0.15) is 6.04 Å². The second-order valence-electron chi connectivity index (χ2n) is 3.14. The maximum atomic E-state index is 11.0. The molecule has 2 unspecified atom stereocenters. The number of aliphatic carboxylic acids is 1. The highest BCUT2D eigenvalue weighted by atomic mass is 32.2. The number of esters is 1. The number of rotatable bonds is 5. The first kappa shape index (κ1) is 11.3. The number of carboxylic acid groups (broad SMARTS) is 1. The maximum absolute atomic E-state index is 11.0. The van der Waals surface area contributed by atoms with E-state index in [9.17, 15) is 9.59 Å². The van der Waals surface area contributed by atoms with E-state index in [1.807, 2.05) is 0 Å². The average molecular weight is 219 g/mol. The van der Waals surface area contributed by atoms with Gasteiger partial charge >= 0.3 is 11.9 Å². The van der Waals surface area contributed by atoms with E-state index < -0.39 is 12.0 Å². The van der Waals surface area contributed by atoms with Gasteiger partial charge in [-0.2, -0.15) is 11.8 Å². The van der Waals surface area contributed by atoms with Crippen LogP contribution in [-0.4, -0.2) is 41.2 Å². The van der Waals surface area contributed by atoms with Gasteiger partial charge in [0.05, 0.1) is 12.5 Å². The molecule has 2 atom stereocenters. The van der Waals surface area contributed by atoms with Gasteiger partial charge in [-0.1, -0.05) is 0 Å². The SMILES string of the molecule is NC(CSCC1CCOC1=O)C(=O)O. The number of nitrogens with two attached hydrogens (primary N) is 1. The van der Waals surface area contributed by atoms with Gasteiger partial charge in [-0.15, -0.1) is 0 Å². The van der Waals surface area contributed by atoms with E-state index >= 15 is 0 Å². The van der Waals surface area contributed by atoms with Crippen molar-refractivity contribution in [2.45, 2.75) is 12.5 Å². The van der Waals surface area contributed by atoms with Crippen molar-refractivity contribution in [3.63, 3.8) is 0 Å². The highest BCUT2D eigenvalue weighted by molar-refractivity contribution is 7.99. The summed E-state index contributed by atoms with van der Waals surface area (Å²) in [6, 6.07) is -0.850. The third kappa shape index (κ3) is 3.19. The second kappa shape index (κ2) is 5.21. The molecule has 1 aliphatic rings. The summed E-state index contributed by atoms with van der Waals surface area (Å²) >= 11 is 1.38. The van der Waals surface area contributed by atoms with Crippen molar-refractivity contribution in [3.8, 4) is 0 Å². The molecule has 0 spiro atoms. The summed E-state index contributed by atoms with van der Waals surface area (Å²) in [5.41, 5.74) is 5.30. The fourth-order valence-corrected chi connectivity index (χ4v) is 2.22. The molecule has 0 saturated carbocycles. The summed E-state index contributed by atoms with van der Waals surface area (Å²) in [6.45, 7) is 0.481. The minimum absolute atomic E-state index is 0.0824. The molecule has 1 heterocycles. The minimum Gasteiger partial charge on any atom is -0.480 e. The lowest BCUT2D eigenvalue weighted by molar-refractivity contribution is -0.140. The van der Waals surface area contributed by atoms with E-state index in [4.69, 9.17) is 15.6 Å². The lowest BCUT2D eigenvalue weighted by Gasteiger charge is -2.07. The molecule has 14 heavy (non-hydrogen) atoms. The van der Waals surface area contributed by atoms with Crippen LogP contribution in [0.25, 0.3) is 0 Å². The van der Waals surface area contributed by atoms with Crippen LogP contribution in [0.1, 0.15) is 6.42 Å². The summed E-state index contributed by atoms with van der Waals surface area (Å²) in [7, 11) is 0. The minimum atomic E-state index is -1.01. The molecule has 5 nitrogen and oxygen atoms in total. The molecule has 0 bridgehead atoms. The number of carboxylic acids is 1. The summed E-state index contributed by atoms with van der Waals surface area (Å²) in [4.78, 5) is 21.4. The Morgan fingerprint density at radius 3 is 3.00 bits per heavy atom. The Bertz CT molecular complexity index is 233. The molecule has 1 aliphatic heterocycles. The molecule has 0 aromatic rings. The van der Waals surface area contributed by atoms with Gasteiger partial charge in [0.25, 0.3) is 0 Å². The smallest absolute Gasteiger partial charge is 0.321 e. The van der Waals surface area contributed by atoms with Crippen molar-refractivity contribution in [2.75, 3.05) is 18.1 Å². The molecular formula is C8H13NO4S. The Kier molecular flexibility index (Phi) is 4.21. The molecule has 80 valence electrons. The number of ether oxygens (including phenoxy) is 1. The molecular weight excluding hydrogens is 206 g/mol. The van der Waals surface area contributed by atoms with Crippen LogP contribution in [0.3, 0.4) is 0 Å². The Morgan fingerprint density at radius 1 is 1.79 bits per heavy atom. The molecule has 0 aromatic heterocycles. The van der Waals surface area contributed by atoms with E-state index in [-0.39, 0.29) is 11.9 Å². The summed E-state index contributed by atoms with van der Waals surface area (Å²) in [5.74, 6) is -0.340. The summed E-state index contributed by atoms with van der Waals surface area (Å²) in [6.07, 6.45) is 0.730. The van der Waals surface area contributed by atoms with Gasteiger partial charge in [0.2, 0.25) is 0 Å². The fourth-order valence-electron chi connectivity index (χ4n) is 1.10. The van der Waals surface area contributed by atoms with Crippen LogP contribution in [-0.2, 0) is 14.3 Å². The Labute approximate surface area is 86.0 Å². The zero-order valence-corrected chi connectivity index (χ0v) is 8.46. The average Bonchev–Trinajstić information content (AvgIpc) is 2.51. The molecule has 1 rings (SSSR count). The van der Waals surface area contributed by atoms with Gasteiger partial charge in [-0.3, -0.25) is 9.59 Å². The molecule has 0 amide bonds. The molecule has 6 heteroatoms. The van der Waals surface area contributed by atoms with E-state index in [2.05, 4.69) is 0 Å². The molecule has 1 fully saturated rings. The quantitative estimate of drug-likeness (QED) is 0.617. The zero-order chi connectivity index (χ0) is 10.6. The van der Waals surface area contributed by atoms with Crippen LogP contribution in [0, 0.1) is 5.92 Å². The van der Waals surface area contributed by atoms with Crippen molar-refractivity contribution >= 4 is 23.7 Å². The highest BCUT2D eigenvalue weighted by Gasteiger charge is 2.26. The van der Waals surface area contributed by atoms with E-state index in [1.54, 1.807) is 0 Å². The van der Waals surface area contributed by atoms with Crippen molar-refractivity contribution in [2.24, 2.45) is 11.7 Å². The number of carbonyl (C=O) groups is 2. The monoisotopic (exact) mass is 219 g/mol. The number of hydrogen-bond donors (Lipinski definition) is 2. The van der Waals surface area contributed by atoms with Crippen molar-refractivity contribution < 1.29 is 19.4 Å². The van der Waals surface area contributed by atoms with Gasteiger partial charge in [-0.25, -0.2) is 0 Å². The van der Waals surface area contributed by atoms with Crippen LogP contribution in [0.5, 0.6) is 0 Å². The first-order valence-corrected chi connectivity index (χ1v) is 5.49. The van der Waals surface area contributed by atoms with E-state index in [0.29, 0.717) is 18.1 Å². The molecule has 0 aromatic carbocycles. The predicted octanol–water partition coefficient (Wildman–Crippen LogP) is -0.305. The lowest BCUT2D eigenvalue weighted by Crippen LogP contribution is -2.32. The molecule has 0 aliphatic carbocycles. The lowest BCUT2D eigenvalue weighted by atomic mass is 10.1. The Morgan fingerprint density at radius 2 is 2.50 bits per heavy atom. The van der Waals surface area contributed by atoms with Crippen molar-refractivity contribution in [3.05, 3.63) is 0 Å². The Hall–Kier alpha value is -0.750. The maximum Gasteiger partial charge on any atom is 0.321 e. The predicted molar refractivity (Wildman–Crippen MR) is 52.0 cm³/mol. The first-order valence-electron chi connectivity index (χ1n) is 4.34. The summed E-state index contributed by atoms with van der Waals surface area (Å²) < 4.78 is 4.77. The van der Waals surface area contributed by atoms with Gasteiger partial charge in [-0.05, 0) is 6.42 Å².